The third-order valence-electron chi connectivity index (χ3n) is 1.81. The smallest absolute Gasteiger partial charge is 0.747 e. The molecule has 0 N–H and O–H groups in total. The predicted molar refractivity (Wildman–Crippen MR) is 50.9 cm³/mol. The van der Waals surface area contributed by atoms with Crippen molar-refractivity contribution in [2.24, 2.45) is 0 Å². The van der Waals surface area contributed by atoms with Crippen LogP contribution in [0.4, 0.5) is 0 Å². The van der Waals surface area contributed by atoms with E-state index in [-0.39, 0.29) is 35.1 Å². The van der Waals surface area contributed by atoms with Gasteiger partial charge in [-0.05, 0) is 5.56 Å². The fraction of sp³-hybridized carbons (Fsp3) is 0.222. The van der Waals surface area contributed by atoms with Gasteiger partial charge < -0.3 is 9.29 Å². The Labute approximate surface area is 116 Å². The summed E-state index contributed by atoms with van der Waals surface area (Å²) in [4.78, 5) is 11.2. The van der Waals surface area contributed by atoms with Crippen molar-refractivity contribution in [1.82, 2.24) is 0 Å². The molecule has 1 rings (SSSR count). The maximum Gasteiger partial charge on any atom is 1.00 e. The first-order valence-electron chi connectivity index (χ1n) is 4.04. The molecule has 0 heterocycles. The molecule has 0 saturated carbocycles. The van der Waals surface area contributed by atoms with Gasteiger partial charge in [-0.25, -0.2) is 8.42 Å². The number of benzene rings is 1. The van der Waals surface area contributed by atoms with Crippen LogP contribution < -0.4 is 29.6 Å². The molecule has 0 spiro atoms. The summed E-state index contributed by atoms with van der Waals surface area (Å²) in [6.07, 6.45) is 0. The van der Waals surface area contributed by atoms with Crippen LogP contribution in [0.3, 0.4) is 0 Å². The Kier molecular flexibility index (Phi) is 6.20. The first-order valence-corrected chi connectivity index (χ1v) is 5.51. The minimum Gasteiger partial charge on any atom is -0.747 e. The fourth-order valence-electron chi connectivity index (χ4n) is 1.16. The molecule has 1 unspecified atom stereocenters. The van der Waals surface area contributed by atoms with Crippen molar-refractivity contribution < 1.29 is 52.1 Å². The van der Waals surface area contributed by atoms with Crippen molar-refractivity contribution in [2.45, 2.75) is 5.25 Å². The minimum absolute atomic E-state index is 0. The molecule has 0 aliphatic carbocycles. The number of carbonyl (C=O) groups excluding carboxylic acids is 1. The van der Waals surface area contributed by atoms with Crippen molar-refractivity contribution in [1.29, 1.82) is 0 Å². The molecule has 0 fully saturated rings. The molecule has 1 atom stereocenters. The zero-order valence-electron chi connectivity index (χ0n) is 8.91. The second kappa shape index (κ2) is 6.36. The topological polar surface area (TPSA) is 83.5 Å². The molecule has 1 aromatic rings. The number of hydrogen-bond donors (Lipinski definition) is 0. The van der Waals surface area contributed by atoms with Gasteiger partial charge in [-0.3, -0.25) is 4.79 Å². The van der Waals surface area contributed by atoms with Gasteiger partial charge in [0.25, 0.3) is 0 Å². The van der Waals surface area contributed by atoms with Crippen LogP contribution in [0, 0.1) is 0 Å². The molecule has 5 nitrogen and oxygen atoms in total. The zero-order valence-corrected chi connectivity index (χ0v) is 11.7. The van der Waals surface area contributed by atoms with E-state index in [4.69, 9.17) is 0 Å². The third kappa shape index (κ3) is 3.88. The van der Waals surface area contributed by atoms with Gasteiger partial charge in [-0.1, -0.05) is 30.3 Å². The summed E-state index contributed by atoms with van der Waals surface area (Å²) in [7, 11) is -3.72. The number of methoxy groups -OCH3 is 1. The van der Waals surface area contributed by atoms with Crippen LogP contribution in [0.1, 0.15) is 10.8 Å². The van der Waals surface area contributed by atoms with Crippen LogP contribution in [0.15, 0.2) is 30.3 Å². The Hall–Kier alpha value is -0.400. The molecule has 82 valence electrons. The van der Waals surface area contributed by atoms with Crippen LogP contribution in [-0.2, 0) is 19.6 Å². The molecule has 0 radical (unpaired) electrons. The third-order valence-corrected chi connectivity index (χ3v) is 2.85. The molecule has 0 bridgehead atoms. The fourth-order valence-corrected chi connectivity index (χ4v) is 1.98. The van der Waals surface area contributed by atoms with Crippen LogP contribution in [0.5, 0.6) is 0 Å². The molecule has 0 aliphatic rings. The molecule has 7 heteroatoms. The number of carbonyl (C=O) groups is 1. The Morgan fingerprint density at radius 2 is 1.81 bits per heavy atom. The van der Waals surface area contributed by atoms with Gasteiger partial charge in [-0.15, -0.1) is 0 Å². The second-order valence-corrected chi connectivity index (χ2v) is 4.26. The second-order valence-electron chi connectivity index (χ2n) is 2.81. The predicted octanol–water partition coefficient (Wildman–Crippen LogP) is -2.55. The van der Waals surface area contributed by atoms with Crippen molar-refractivity contribution in [3.05, 3.63) is 35.9 Å². The first-order chi connectivity index (χ1) is 6.96. The largest absolute Gasteiger partial charge is 1.00 e. The van der Waals surface area contributed by atoms with Gasteiger partial charge in [-0.2, -0.15) is 0 Å². The number of ether oxygens (including phenoxy) is 1. The zero-order chi connectivity index (χ0) is 11.5. The van der Waals surface area contributed by atoms with Crippen molar-refractivity contribution in [3.63, 3.8) is 0 Å². The molecular weight excluding hydrogens is 243 g/mol. The molecule has 1 aromatic carbocycles. The monoisotopic (exact) mass is 252 g/mol. The Bertz CT molecular complexity index is 442. The first kappa shape index (κ1) is 15.6. The normalized spacial score (nSPS) is 12.4. The molecule has 0 aliphatic heterocycles. The average Bonchev–Trinajstić information content (AvgIpc) is 2.17. The van der Waals surface area contributed by atoms with E-state index in [1.165, 1.54) is 24.3 Å². The van der Waals surface area contributed by atoms with Crippen LogP contribution >= 0.6 is 0 Å². The summed E-state index contributed by atoms with van der Waals surface area (Å²) >= 11 is 0. The summed E-state index contributed by atoms with van der Waals surface area (Å²) in [5.74, 6) is -1.07. The van der Waals surface area contributed by atoms with Gasteiger partial charge in [0.2, 0.25) is 0 Å². The maximum atomic E-state index is 11.2. The van der Waals surface area contributed by atoms with E-state index in [0.29, 0.717) is 0 Å². The number of rotatable bonds is 3. The minimum atomic E-state index is -4.75. The molecule has 0 saturated heterocycles. The Balaban J connectivity index is 0.00000225. The molecule has 16 heavy (non-hydrogen) atoms. The van der Waals surface area contributed by atoms with E-state index in [1.807, 2.05) is 0 Å². The Morgan fingerprint density at radius 1 is 1.31 bits per heavy atom. The standard InChI is InChI=1S/C9H10O5S.Na/c1-14-9(10)8(15(11,12)13)7-5-3-2-4-6-7;/h2-6,8H,1H3,(H,11,12,13);/q;+1/p-1. The van der Waals surface area contributed by atoms with Gasteiger partial charge in [0.15, 0.2) is 5.25 Å². The van der Waals surface area contributed by atoms with Crippen LogP contribution in [0.2, 0.25) is 0 Å². The van der Waals surface area contributed by atoms with E-state index in [1.54, 1.807) is 6.07 Å². The number of esters is 1. The summed E-state index contributed by atoms with van der Waals surface area (Å²) in [6, 6.07) is 7.50. The average molecular weight is 252 g/mol. The SMILES string of the molecule is COC(=O)C(c1ccccc1)S(=O)(=O)[O-].[Na+]. The van der Waals surface area contributed by atoms with E-state index < -0.39 is 21.3 Å². The summed E-state index contributed by atoms with van der Waals surface area (Å²) < 4.78 is 36.9. The molecule has 0 aromatic heterocycles. The van der Waals surface area contributed by atoms with E-state index in [2.05, 4.69) is 4.74 Å². The van der Waals surface area contributed by atoms with Gasteiger partial charge in [0.1, 0.15) is 10.1 Å². The van der Waals surface area contributed by atoms with Crippen LogP contribution in [0.25, 0.3) is 0 Å². The van der Waals surface area contributed by atoms with Gasteiger partial charge >= 0.3 is 35.5 Å². The van der Waals surface area contributed by atoms with E-state index >= 15 is 0 Å². The van der Waals surface area contributed by atoms with Crippen molar-refractivity contribution in [2.75, 3.05) is 7.11 Å². The quantitative estimate of drug-likeness (QED) is 0.336. The Morgan fingerprint density at radius 3 is 2.19 bits per heavy atom. The van der Waals surface area contributed by atoms with E-state index in [9.17, 15) is 17.8 Å². The van der Waals surface area contributed by atoms with Gasteiger partial charge in [0.05, 0.1) is 7.11 Å². The summed E-state index contributed by atoms with van der Waals surface area (Å²) in [6.45, 7) is 0. The maximum absolute atomic E-state index is 11.2. The summed E-state index contributed by atoms with van der Waals surface area (Å²) in [5.41, 5.74) is 0.111. The number of hydrogen-bond acceptors (Lipinski definition) is 5. The van der Waals surface area contributed by atoms with Crippen molar-refractivity contribution in [3.8, 4) is 0 Å². The van der Waals surface area contributed by atoms with Gasteiger partial charge in [0, 0.05) is 0 Å². The van der Waals surface area contributed by atoms with Crippen molar-refractivity contribution >= 4 is 16.1 Å². The molecular formula is C9H9NaO5S. The summed E-state index contributed by atoms with van der Waals surface area (Å²) in [5, 5.41) is -1.79. The van der Waals surface area contributed by atoms with Crippen LogP contribution in [-0.4, -0.2) is 26.0 Å². The van der Waals surface area contributed by atoms with E-state index in [0.717, 1.165) is 7.11 Å². The molecule has 0 amide bonds.